The lowest BCUT2D eigenvalue weighted by Gasteiger charge is -2.22. The summed E-state index contributed by atoms with van der Waals surface area (Å²) in [5.74, 6) is 0.931. The van der Waals surface area contributed by atoms with Crippen LogP contribution in [0.4, 0.5) is 0 Å². The van der Waals surface area contributed by atoms with Crippen LogP contribution >= 0.6 is 39.9 Å². The van der Waals surface area contributed by atoms with Gasteiger partial charge in [-0.15, -0.1) is 24.0 Å². The molecule has 132 valence electrons. The zero-order valence-electron chi connectivity index (χ0n) is 14.5. The zero-order chi connectivity index (χ0) is 16.7. The fourth-order valence-electron chi connectivity index (χ4n) is 2.55. The highest BCUT2D eigenvalue weighted by molar-refractivity contribution is 14.0. The van der Waals surface area contributed by atoms with Gasteiger partial charge in [0.25, 0.3) is 0 Å². The third kappa shape index (κ3) is 6.47. The summed E-state index contributed by atoms with van der Waals surface area (Å²) >= 11 is 3.52. The van der Waals surface area contributed by atoms with Gasteiger partial charge in [-0.1, -0.05) is 28.1 Å². The van der Waals surface area contributed by atoms with Crippen molar-refractivity contribution in [2.75, 3.05) is 20.6 Å². The Morgan fingerprint density at radius 1 is 1.29 bits per heavy atom. The Balaban J connectivity index is 0.00000288. The summed E-state index contributed by atoms with van der Waals surface area (Å²) in [5, 5.41) is 3.44. The van der Waals surface area contributed by atoms with Crippen LogP contribution in [0, 0.1) is 0 Å². The van der Waals surface area contributed by atoms with E-state index in [-0.39, 0.29) is 24.0 Å². The number of halogens is 2. The second-order valence-electron chi connectivity index (χ2n) is 5.67. The van der Waals surface area contributed by atoms with Crippen molar-refractivity contribution in [3.8, 4) is 0 Å². The molecule has 1 heterocycles. The number of benzene rings is 1. The number of rotatable bonds is 6. The summed E-state index contributed by atoms with van der Waals surface area (Å²) in [6.07, 6.45) is 4.20. The number of aromatic nitrogens is 1. The molecule has 4 nitrogen and oxygen atoms in total. The van der Waals surface area contributed by atoms with E-state index in [0.717, 1.165) is 36.4 Å². The molecule has 0 aliphatic rings. The van der Waals surface area contributed by atoms with E-state index in [1.54, 1.807) is 0 Å². The Morgan fingerprint density at radius 2 is 2.08 bits per heavy atom. The van der Waals surface area contributed by atoms with Crippen molar-refractivity contribution in [1.82, 2.24) is 14.8 Å². The topological polar surface area (TPSA) is 32.6 Å². The van der Waals surface area contributed by atoms with Crippen LogP contribution < -0.4 is 5.32 Å². The average molecular weight is 505 g/mol. The van der Waals surface area contributed by atoms with Crippen LogP contribution in [0.15, 0.2) is 52.1 Å². The monoisotopic (exact) mass is 504 g/mol. The van der Waals surface area contributed by atoms with Crippen molar-refractivity contribution in [3.05, 3.63) is 58.3 Å². The lowest BCUT2D eigenvalue weighted by molar-refractivity contribution is 0.461. The highest BCUT2D eigenvalue weighted by Crippen LogP contribution is 2.12. The predicted octanol–water partition coefficient (Wildman–Crippen LogP) is 4.05. The summed E-state index contributed by atoms with van der Waals surface area (Å²) in [4.78, 5) is 6.52. The van der Waals surface area contributed by atoms with Crippen molar-refractivity contribution < 1.29 is 0 Å². The molecule has 1 N–H and O–H groups in total. The van der Waals surface area contributed by atoms with Gasteiger partial charge in [-0.25, -0.2) is 0 Å². The van der Waals surface area contributed by atoms with E-state index in [2.05, 4.69) is 92.4 Å². The quantitative estimate of drug-likeness (QED) is 0.278. The summed E-state index contributed by atoms with van der Waals surface area (Å²) in [7, 11) is 5.96. The minimum Gasteiger partial charge on any atom is -0.356 e. The summed E-state index contributed by atoms with van der Waals surface area (Å²) in [6.45, 7) is 1.76. The van der Waals surface area contributed by atoms with Gasteiger partial charge in [0.15, 0.2) is 5.96 Å². The Hall–Kier alpha value is -1.02. The molecule has 0 bridgehead atoms. The zero-order valence-corrected chi connectivity index (χ0v) is 18.4. The van der Waals surface area contributed by atoms with Crippen LogP contribution in [-0.4, -0.2) is 36.1 Å². The molecule has 2 aromatic rings. The number of aliphatic imine (C=N–C) groups is 1. The lowest BCUT2D eigenvalue weighted by Crippen LogP contribution is -2.39. The van der Waals surface area contributed by atoms with Gasteiger partial charge in [0.05, 0.1) is 6.54 Å². The van der Waals surface area contributed by atoms with Crippen LogP contribution in [0.5, 0.6) is 0 Å². The first-order valence-electron chi connectivity index (χ1n) is 7.86. The van der Waals surface area contributed by atoms with Gasteiger partial charge in [0.2, 0.25) is 0 Å². The minimum atomic E-state index is 0. The molecule has 0 aliphatic carbocycles. The molecule has 6 heteroatoms. The molecular weight excluding hydrogens is 479 g/mol. The number of nitrogens with one attached hydrogen (secondary N) is 1. The van der Waals surface area contributed by atoms with Crippen molar-refractivity contribution >= 4 is 45.9 Å². The van der Waals surface area contributed by atoms with E-state index in [1.165, 1.54) is 11.3 Å². The Labute approximate surface area is 170 Å². The first kappa shape index (κ1) is 21.0. The summed E-state index contributed by atoms with van der Waals surface area (Å²) in [6, 6.07) is 12.7. The van der Waals surface area contributed by atoms with Crippen molar-refractivity contribution in [2.45, 2.75) is 19.4 Å². The number of nitrogens with zero attached hydrogens (tertiary/aromatic N) is 3. The van der Waals surface area contributed by atoms with Crippen LogP contribution in [-0.2, 0) is 20.0 Å². The minimum absolute atomic E-state index is 0. The SMILES string of the molecule is CN=C(NCCCc1cccc(Br)c1)N(C)Cc1cccn1C.I. The number of guanidine groups is 1. The van der Waals surface area contributed by atoms with Crippen LogP contribution in [0.3, 0.4) is 0 Å². The van der Waals surface area contributed by atoms with Crippen LogP contribution in [0.25, 0.3) is 0 Å². The first-order chi connectivity index (χ1) is 11.1. The fourth-order valence-corrected chi connectivity index (χ4v) is 3.00. The molecule has 1 aromatic heterocycles. The van der Waals surface area contributed by atoms with Gasteiger partial charge in [0.1, 0.15) is 0 Å². The van der Waals surface area contributed by atoms with Crippen molar-refractivity contribution in [3.63, 3.8) is 0 Å². The smallest absolute Gasteiger partial charge is 0.193 e. The molecule has 0 unspecified atom stereocenters. The van der Waals surface area contributed by atoms with Gasteiger partial charge in [-0.3, -0.25) is 4.99 Å². The highest BCUT2D eigenvalue weighted by atomic mass is 127. The van der Waals surface area contributed by atoms with E-state index in [4.69, 9.17) is 0 Å². The second-order valence-corrected chi connectivity index (χ2v) is 6.59. The molecule has 0 amide bonds. The number of aryl methyl sites for hydroxylation is 2. The van der Waals surface area contributed by atoms with E-state index < -0.39 is 0 Å². The molecule has 0 saturated heterocycles. The molecule has 0 aliphatic heterocycles. The Morgan fingerprint density at radius 3 is 2.71 bits per heavy atom. The lowest BCUT2D eigenvalue weighted by atomic mass is 10.1. The standard InChI is InChI=1S/C18H25BrN4.HI/c1-20-18(23(3)14-17-10-6-12-22(17)2)21-11-5-8-15-7-4-9-16(19)13-15;/h4,6-7,9-10,12-13H,5,8,11,14H2,1-3H3,(H,20,21);1H. The van der Waals surface area contributed by atoms with E-state index >= 15 is 0 Å². The number of hydrogen-bond donors (Lipinski definition) is 1. The molecule has 2 rings (SSSR count). The third-order valence-corrected chi connectivity index (χ3v) is 4.33. The van der Waals surface area contributed by atoms with Crippen LogP contribution in [0.2, 0.25) is 0 Å². The maximum absolute atomic E-state index is 4.37. The first-order valence-corrected chi connectivity index (χ1v) is 8.66. The van der Waals surface area contributed by atoms with E-state index in [9.17, 15) is 0 Å². The second kappa shape index (κ2) is 10.8. The van der Waals surface area contributed by atoms with Crippen molar-refractivity contribution in [1.29, 1.82) is 0 Å². The normalized spacial score (nSPS) is 11.1. The molecule has 0 atom stereocenters. The molecular formula is C18H26BrIN4. The molecule has 0 radical (unpaired) electrons. The predicted molar refractivity (Wildman–Crippen MR) is 116 cm³/mol. The fraction of sp³-hybridized carbons (Fsp3) is 0.389. The van der Waals surface area contributed by atoms with E-state index in [0.29, 0.717) is 0 Å². The number of hydrogen-bond acceptors (Lipinski definition) is 1. The van der Waals surface area contributed by atoms with Gasteiger partial charge in [0, 0.05) is 44.1 Å². The molecule has 0 spiro atoms. The summed E-state index contributed by atoms with van der Waals surface area (Å²) in [5.41, 5.74) is 2.62. The largest absolute Gasteiger partial charge is 0.356 e. The van der Waals surface area contributed by atoms with Crippen molar-refractivity contribution in [2.24, 2.45) is 12.0 Å². The van der Waals surface area contributed by atoms with Crippen LogP contribution in [0.1, 0.15) is 17.7 Å². The maximum atomic E-state index is 4.37. The average Bonchev–Trinajstić information content (AvgIpc) is 2.92. The van der Waals surface area contributed by atoms with Gasteiger partial charge in [-0.2, -0.15) is 0 Å². The molecule has 1 aromatic carbocycles. The van der Waals surface area contributed by atoms with E-state index in [1.807, 2.05) is 7.05 Å². The highest BCUT2D eigenvalue weighted by Gasteiger charge is 2.07. The van der Waals surface area contributed by atoms with Gasteiger partial charge >= 0.3 is 0 Å². The molecule has 0 fully saturated rings. The molecule has 24 heavy (non-hydrogen) atoms. The van der Waals surface area contributed by atoms with Gasteiger partial charge < -0.3 is 14.8 Å². The molecule has 0 saturated carbocycles. The third-order valence-electron chi connectivity index (χ3n) is 3.84. The Kier molecular flexibility index (Phi) is 9.43. The maximum Gasteiger partial charge on any atom is 0.193 e. The Bertz CT molecular complexity index is 654. The van der Waals surface area contributed by atoms with Gasteiger partial charge in [-0.05, 0) is 42.7 Å². The summed E-state index contributed by atoms with van der Waals surface area (Å²) < 4.78 is 3.28.